The second-order valence-corrected chi connectivity index (χ2v) is 2.54. The highest BCUT2D eigenvalue weighted by Crippen LogP contribution is 1.90. The van der Waals surface area contributed by atoms with Crippen molar-refractivity contribution in [2.24, 2.45) is 5.73 Å². The number of rotatable bonds is 6. The number of aliphatic hydroxyl groups is 2. The Balaban J connectivity index is 4.32. The van der Waals surface area contributed by atoms with Crippen molar-refractivity contribution < 1.29 is 19.8 Å². The summed E-state index contributed by atoms with van der Waals surface area (Å²) in [5, 5.41) is 19.6. The van der Waals surface area contributed by atoms with E-state index in [0.29, 0.717) is 0 Å². The van der Waals surface area contributed by atoms with Crippen LogP contribution in [0.4, 0.5) is 0 Å². The molecular formula is C7H14N2O4. The first kappa shape index (κ1) is 12.2. The fraction of sp³-hybridized carbons (Fsp3) is 0.714. The van der Waals surface area contributed by atoms with Gasteiger partial charge in [0.05, 0.1) is 25.3 Å². The van der Waals surface area contributed by atoms with Crippen LogP contribution in [0.3, 0.4) is 0 Å². The van der Waals surface area contributed by atoms with E-state index in [-0.39, 0.29) is 0 Å². The van der Waals surface area contributed by atoms with E-state index in [4.69, 9.17) is 15.9 Å². The van der Waals surface area contributed by atoms with Crippen LogP contribution in [-0.2, 0) is 9.59 Å². The smallest absolute Gasteiger partial charge is 0.219 e. The van der Waals surface area contributed by atoms with Crippen LogP contribution >= 0.6 is 0 Å². The minimum absolute atomic E-state index is 0.473. The van der Waals surface area contributed by atoms with Crippen LogP contribution in [0, 0.1) is 0 Å². The van der Waals surface area contributed by atoms with Gasteiger partial charge in [-0.05, 0) is 7.05 Å². The topological polar surface area (TPSA) is 113 Å². The molecule has 76 valence electrons. The highest BCUT2D eigenvalue weighted by Gasteiger charge is 2.27. The lowest BCUT2D eigenvalue weighted by Gasteiger charge is -2.12. The van der Waals surface area contributed by atoms with Gasteiger partial charge in [0.25, 0.3) is 0 Å². The monoisotopic (exact) mass is 190 g/mol. The number of carbonyl (C=O) groups excluding carboxylic acids is 2. The number of hydrogen-bond donors (Lipinski definition) is 4. The third kappa shape index (κ3) is 3.19. The second-order valence-electron chi connectivity index (χ2n) is 2.54. The number of nitrogens with one attached hydrogen (secondary N) is 1. The summed E-state index contributed by atoms with van der Waals surface area (Å²) in [6.45, 7) is -1.05. The van der Waals surface area contributed by atoms with Crippen LogP contribution < -0.4 is 11.1 Å². The van der Waals surface area contributed by atoms with Gasteiger partial charge >= 0.3 is 0 Å². The van der Waals surface area contributed by atoms with Gasteiger partial charge in [-0.15, -0.1) is 0 Å². The van der Waals surface area contributed by atoms with Gasteiger partial charge in [0.15, 0.2) is 0 Å². The van der Waals surface area contributed by atoms with Crippen LogP contribution in [0.1, 0.15) is 0 Å². The van der Waals surface area contributed by atoms with Crippen molar-refractivity contribution in [3.8, 4) is 0 Å². The van der Waals surface area contributed by atoms with Crippen molar-refractivity contribution in [2.45, 2.75) is 12.1 Å². The first-order valence-electron chi connectivity index (χ1n) is 3.81. The van der Waals surface area contributed by atoms with Gasteiger partial charge in [0.1, 0.15) is 0 Å². The quantitative estimate of drug-likeness (QED) is 0.332. The van der Waals surface area contributed by atoms with Crippen molar-refractivity contribution in [3.05, 3.63) is 0 Å². The Bertz CT molecular complexity index is 191. The summed E-state index contributed by atoms with van der Waals surface area (Å²) in [5.41, 5.74) is 5.13. The molecule has 0 aromatic heterocycles. The molecular weight excluding hydrogens is 176 g/mol. The molecule has 0 amide bonds. The van der Waals surface area contributed by atoms with Crippen LogP contribution in [0.2, 0.25) is 0 Å². The minimum Gasteiger partial charge on any atom is -0.394 e. The van der Waals surface area contributed by atoms with Crippen molar-refractivity contribution in [1.29, 1.82) is 0 Å². The zero-order valence-corrected chi connectivity index (χ0v) is 7.36. The number of likely N-dealkylation sites (N-methyl/N-ethyl adjacent to an activating group) is 1. The van der Waals surface area contributed by atoms with Crippen molar-refractivity contribution >= 4 is 11.6 Å². The molecule has 2 atom stereocenters. The Labute approximate surface area is 75.7 Å². The first-order chi connectivity index (χ1) is 6.08. The second kappa shape index (κ2) is 5.76. The van der Waals surface area contributed by atoms with Gasteiger partial charge in [-0.3, -0.25) is 9.59 Å². The van der Waals surface area contributed by atoms with Gasteiger partial charge in [-0.2, -0.15) is 0 Å². The average molecular weight is 190 g/mol. The molecule has 0 rings (SSSR count). The number of aliphatic hydroxyl groups excluding tert-OH is 2. The third-order valence-electron chi connectivity index (χ3n) is 1.62. The third-order valence-corrected chi connectivity index (χ3v) is 1.62. The lowest BCUT2D eigenvalue weighted by atomic mass is 10.0. The molecule has 13 heavy (non-hydrogen) atoms. The highest BCUT2D eigenvalue weighted by atomic mass is 16.3. The maximum Gasteiger partial charge on any atom is 0.219 e. The summed E-state index contributed by atoms with van der Waals surface area (Å²) in [5.74, 6) is -1.69. The fourth-order valence-corrected chi connectivity index (χ4v) is 0.743. The van der Waals surface area contributed by atoms with Gasteiger partial charge in [0, 0.05) is 0 Å². The summed E-state index contributed by atoms with van der Waals surface area (Å²) in [6, 6.07) is -2.14. The molecule has 0 saturated heterocycles. The molecule has 0 bridgehead atoms. The molecule has 0 aliphatic heterocycles. The molecule has 0 heterocycles. The van der Waals surface area contributed by atoms with Crippen LogP contribution in [0.25, 0.3) is 0 Å². The molecule has 5 N–H and O–H groups in total. The number of Topliss-reactive ketones (excluding diaryl/α,β-unsaturated/α-hetero) is 2. The first-order valence-corrected chi connectivity index (χ1v) is 3.81. The van der Waals surface area contributed by atoms with Gasteiger partial charge < -0.3 is 21.3 Å². The SMILES string of the molecule is CN[C@@H](CO)C(=O)C(=O)C(N)CO. The van der Waals surface area contributed by atoms with E-state index < -0.39 is 36.9 Å². The van der Waals surface area contributed by atoms with E-state index in [1.165, 1.54) is 7.05 Å². The van der Waals surface area contributed by atoms with Crippen molar-refractivity contribution in [1.82, 2.24) is 5.32 Å². The molecule has 0 aromatic rings. The summed E-state index contributed by atoms with van der Waals surface area (Å²) in [7, 11) is 1.44. The Morgan fingerprint density at radius 2 is 1.85 bits per heavy atom. The molecule has 0 aromatic carbocycles. The summed E-state index contributed by atoms with van der Waals surface area (Å²) in [4.78, 5) is 22.2. The minimum atomic E-state index is -1.20. The lowest BCUT2D eigenvalue weighted by molar-refractivity contribution is -0.139. The number of hydrogen-bond acceptors (Lipinski definition) is 6. The number of nitrogens with two attached hydrogens (primary N) is 1. The van der Waals surface area contributed by atoms with Gasteiger partial charge in [-0.1, -0.05) is 0 Å². The molecule has 6 nitrogen and oxygen atoms in total. The van der Waals surface area contributed by atoms with E-state index in [9.17, 15) is 9.59 Å². The van der Waals surface area contributed by atoms with Gasteiger partial charge in [-0.25, -0.2) is 0 Å². The molecule has 1 unspecified atom stereocenters. The van der Waals surface area contributed by atoms with E-state index in [2.05, 4.69) is 5.32 Å². The van der Waals surface area contributed by atoms with Crippen molar-refractivity contribution in [3.63, 3.8) is 0 Å². The zero-order chi connectivity index (χ0) is 10.4. The van der Waals surface area contributed by atoms with Crippen LogP contribution in [-0.4, -0.2) is 54.1 Å². The van der Waals surface area contributed by atoms with Crippen LogP contribution in [0.5, 0.6) is 0 Å². The largest absolute Gasteiger partial charge is 0.394 e. The molecule has 0 saturated carbocycles. The van der Waals surface area contributed by atoms with E-state index in [1.54, 1.807) is 0 Å². The summed E-state index contributed by atoms with van der Waals surface area (Å²) >= 11 is 0. The standard InChI is InChI=1S/C7H14N2O4/c1-9-5(3-11)7(13)6(12)4(8)2-10/h4-5,9-11H,2-3,8H2,1H3/t4?,5-/m0/s1. The Hall–Kier alpha value is -0.820. The maximum atomic E-state index is 11.1. The number of carbonyl (C=O) groups is 2. The molecule has 0 aliphatic rings. The molecule has 0 fully saturated rings. The van der Waals surface area contributed by atoms with Crippen LogP contribution in [0.15, 0.2) is 0 Å². The molecule has 6 heteroatoms. The maximum absolute atomic E-state index is 11.1. The predicted octanol–water partition coefficient (Wildman–Crippen LogP) is -2.98. The Morgan fingerprint density at radius 1 is 1.31 bits per heavy atom. The highest BCUT2D eigenvalue weighted by molar-refractivity contribution is 6.41. The Kier molecular flexibility index (Phi) is 5.40. The Morgan fingerprint density at radius 3 is 2.15 bits per heavy atom. The molecule has 0 radical (unpaired) electrons. The van der Waals surface area contributed by atoms with E-state index in [1.807, 2.05) is 0 Å². The lowest BCUT2D eigenvalue weighted by Crippen LogP contribution is -2.48. The zero-order valence-electron chi connectivity index (χ0n) is 7.36. The molecule has 0 spiro atoms. The predicted molar refractivity (Wildman–Crippen MR) is 45.0 cm³/mol. The summed E-state index contributed by atoms with van der Waals surface area (Å²) < 4.78 is 0. The normalized spacial score (nSPS) is 15.1. The van der Waals surface area contributed by atoms with E-state index in [0.717, 1.165) is 0 Å². The summed E-state index contributed by atoms with van der Waals surface area (Å²) in [6.07, 6.45) is 0. The molecule has 0 aliphatic carbocycles. The van der Waals surface area contributed by atoms with E-state index >= 15 is 0 Å². The fourth-order valence-electron chi connectivity index (χ4n) is 0.743. The van der Waals surface area contributed by atoms with Gasteiger partial charge in [0.2, 0.25) is 11.6 Å². The average Bonchev–Trinajstić information content (AvgIpc) is 2.17. The van der Waals surface area contributed by atoms with Crippen molar-refractivity contribution in [2.75, 3.05) is 20.3 Å². The number of ketones is 2.